The van der Waals surface area contributed by atoms with Crippen LogP contribution in [0.3, 0.4) is 0 Å². The number of hydrogen-bond acceptors (Lipinski definition) is 7. The summed E-state index contributed by atoms with van der Waals surface area (Å²) in [6.45, 7) is 9.46. The highest BCUT2D eigenvalue weighted by atomic mass is 32.2. The number of halogens is 1. The number of benzene rings is 2. The first-order valence-electron chi connectivity index (χ1n) is 11.8. The normalized spacial score (nSPS) is 15.1. The maximum Gasteiger partial charge on any atom is 0.265 e. The van der Waals surface area contributed by atoms with Crippen LogP contribution in [0, 0.1) is 25.6 Å². The third kappa shape index (κ3) is 5.66. The Morgan fingerprint density at radius 2 is 1.86 bits per heavy atom. The Bertz CT molecular complexity index is 1350. The lowest BCUT2D eigenvalue weighted by atomic mass is 9.82. The average molecular weight is 534 g/mol. The van der Waals surface area contributed by atoms with Gasteiger partial charge in [-0.1, -0.05) is 11.3 Å². The average Bonchev–Trinajstić information content (AvgIpc) is 3.20. The lowest BCUT2D eigenvalue weighted by Gasteiger charge is -2.37. The SMILES string of the molecule is COc1ccc(-c2sc(NC(C)(C)C3CCOCC3)nc2C)cc1S(=O)(=O)Nc1ccc(F)cc1C. The first kappa shape index (κ1) is 26.4. The third-order valence-electron chi connectivity index (χ3n) is 6.62. The molecule has 0 saturated carbocycles. The zero-order valence-electron chi connectivity index (χ0n) is 21.1. The maximum atomic E-state index is 13.5. The van der Waals surface area contributed by atoms with Gasteiger partial charge in [-0.25, -0.2) is 17.8 Å². The topological polar surface area (TPSA) is 89.5 Å². The molecular weight excluding hydrogens is 501 g/mol. The quantitative estimate of drug-likeness (QED) is 0.370. The van der Waals surface area contributed by atoms with Gasteiger partial charge in [0.05, 0.1) is 23.4 Å². The van der Waals surface area contributed by atoms with E-state index >= 15 is 0 Å². The van der Waals surface area contributed by atoms with Gasteiger partial charge in [0.15, 0.2) is 5.13 Å². The lowest BCUT2D eigenvalue weighted by Crippen LogP contribution is -2.42. The predicted octanol–water partition coefficient (Wildman–Crippen LogP) is 5.99. The smallest absolute Gasteiger partial charge is 0.265 e. The maximum absolute atomic E-state index is 13.5. The van der Waals surface area contributed by atoms with Gasteiger partial charge in [-0.15, -0.1) is 0 Å². The largest absolute Gasteiger partial charge is 0.495 e. The van der Waals surface area contributed by atoms with Gasteiger partial charge in [0, 0.05) is 18.8 Å². The molecular formula is C26H32FN3O4S2. The summed E-state index contributed by atoms with van der Waals surface area (Å²) in [6.07, 6.45) is 1.99. The van der Waals surface area contributed by atoms with Crippen LogP contribution in [-0.2, 0) is 14.8 Å². The molecule has 2 aromatic carbocycles. The molecule has 0 spiro atoms. The Kier molecular flexibility index (Phi) is 7.59. The Morgan fingerprint density at radius 1 is 1.14 bits per heavy atom. The molecule has 0 radical (unpaired) electrons. The van der Waals surface area contributed by atoms with Crippen LogP contribution in [-0.4, -0.2) is 39.3 Å². The number of ether oxygens (including phenoxy) is 2. The van der Waals surface area contributed by atoms with E-state index in [-0.39, 0.29) is 16.2 Å². The van der Waals surface area contributed by atoms with Crippen LogP contribution >= 0.6 is 11.3 Å². The molecule has 0 aliphatic carbocycles. The summed E-state index contributed by atoms with van der Waals surface area (Å²) in [5.41, 5.74) is 2.16. The van der Waals surface area contributed by atoms with Crippen LogP contribution in [0.4, 0.5) is 15.2 Å². The number of hydrogen-bond donors (Lipinski definition) is 2. The number of thiazole rings is 1. The molecule has 0 amide bonds. The van der Waals surface area contributed by atoms with Crippen molar-refractivity contribution in [3.63, 3.8) is 0 Å². The van der Waals surface area contributed by atoms with Gasteiger partial charge in [0.2, 0.25) is 0 Å². The second-order valence-corrected chi connectivity index (χ2v) is 12.2. The molecule has 2 heterocycles. The van der Waals surface area contributed by atoms with Gasteiger partial charge < -0.3 is 14.8 Å². The summed E-state index contributed by atoms with van der Waals surface area (Å²) < 4.78 is 53.6. The number of nitrogens with one attached hydrogen (secondary N) is 2. The van der Waals surface area contributed by atoms with Crippen molar-refractivity contribution in [1.29, 1.82) is 0 Å². The molecule has 7 nitrogen and oxygen atoms in total. The van der Waals surface area contributed by atoms with E-state index in [0.29, 0.717) is 17.2 Å². The highest BCUT2D eigenvalue weighted by molar-refractivity contribution is 7.92. The van der Waals surface area contributed by atoms with Gasteiger partial charge in [-0.05, 0) is 94.0 Å². The zero-order valence-corrected chi connectivity index (χ0v) is 22.8. The minimum absolute atomic E-state index is 0.00364. The number of anilines is 2. The van der Waals surface area contributed by atoms with E-state index in [1.165, 1.54) is 36.6 Å². The first-order valence-corrected chi connectivity index (χ1v) is 14.1. The molecule has 10 heteroatoms. The minimum Gasteiger partial charge on any atom is -0.495 e. The van der Waals surface area contributed by atoms with E-state index in [1.54, 1.807) is 19.1 Å². The molecule has 1 aromatic heterocycles. The van der Waals surface area contributed by atoms with Crippen molar-refractivity contribution in [2.75, 3.05) is 30.4 Å². The van der Waals surface area contributed by atoms with Crippen molar-refractivity contribution < 1.29 is 22.3 Å². The van der Waals surface area contributed by atoms with Crippen LogP contribution in [0.1, 0.15) is 37.9 Å². The van der Waals surface area contributed by atoms with E-state index in [0.717, 1.165) is 47.3 Å². The van der Waals surface area contributed by atoms with Crippen LogP contribution in [0.15, 0.2) is 41.3 Å². The monoisotopic (exact) mass is 533 g/mol. The molecule has 3 aromatic rings. The van der Waals surface area contributed by atoms with Crippen LogP contribution in [0.5, 0.6) is 5.75 Å². The number of methoxy groups -OCH3 is 1. The molecule has 1 fully saturated rings. The van der Waals surface area contributed by atoms with Crippen LogP contribution in [0.2, 0.25) is 0 Å². The Hall–Kier alpha value is -2.69. The van der Waals surface area contributed by atoms with Crippen LogP contribution in [0.25, 0.3) is 10.4 Å². The molecule has 1 saturated heterocycles. The summed E-state index contributed by atoms with van der Waals surface area (Å²) in [7, 11) is -2.59. The van der Waals surface area contributed by atoms with Crippen molar-refractivity contribution in [3.05, 3.63) is 53.5 Å². The van der Waals surface area contributed by atoms with Crippen molar-refractivity contribution >= 4 is 32.2 Å². The lowest BCUT2D eigenvalue weighted by molar-refractivity contribution is 0.0491. The third-order valence-corrected chi connectivity index (χ3v) is 9.12. The Balaban J connectivity index is 1.64. The van der Waals surface area contributed by atoms with Gasteiger partial charge in [0.1, 0.15) is 16.5 Å². The molecule has 1 aliphatic rings. The second kappa shape index (κ2) is 10.4. The molecule has 0 unspecified atom stereocenters. The predicted molar refractivity (Wildman–Crippen MR) is 142 cm³/mol. The van der Waals surface area contributed by atoms with E-state index in [9.17, 15) is 12.8 Å². The van der Waals surface area contributed by atoms with E-state index in [2.05, 4.69) is 23.9 Å². The Morgan fingerprint density at radius 3 is 2.53 bits per heavy atom. The number of aryl methyl sites for hydroxylation is 2. The minimum atomic E-state index is -4.01. The van der Waals surface area contributed by atoms with Gasteiger partial charge in [-0.2, -0.15) is 0 Å². The van der Waals surface area contributed by atoms with Crippen molar-refractivity contribution in [1.82, 2.24) is 4.98 Å². The van der Waals surface area contributed by atoms with Gasteiger partial charge >= 0.3 is 0 Å². The fourth-order valence-corrected chi connectivity index (χ4v) is 6.94. The van der Waals surface area contributed by atoms with Gasteiger partial charge in [0.25, 0.3) is 10.0 Å². The molecule has 1 aliphatic heterocycles. The van der Waals surface area contributed by atoms with Crippen molar-refractivity contribution in [3.8, 4) is 16.2 Å². The highest BCUT2D eigenvalue weighted by Crippen LogP contribution is 2.39. The summed E-state index contributed by atoms with van der Waals surface area (Å²) in [5.74, 6) is 0.255. The summed E-state index contributed by atoms with van der Waals surface area (Å²) in [6, 6.07) is 8.96. The van der Waals surface area contributed by atoms with E-state index < -0.39 is 15.8 Å². The van der Waals surface area contributed by atoms with E-state index in [4.69, 9.17) is 14.5 Å². The molecule has 36 heavy (non-hydrogen) atoms. The summed E-state index contributed by atoms with van der Waals surface area (Å²) in [5, 5.41) is 4.39. The first-order chi connectivity index (χ1) is 17.0. The summed E-state index contributed by atoms with van der Waals surface area (Å²) >= 11 is 1.49. The number of rotatable bonds is 8. The molecule has 4 rings (SSSR count). The Labute approximate surface area is 216 Å². The number of aromatic nitrogens is 1. The van der Waals surface area contributed by atoms with E-state index in [1.807, 2.05) is 13.0 Å². The van der Waals surface area contributed by atoms with Crippen LogP contribution < -0.4 is 14.8 Å². The summed E-state index contributed by atoms with van der Waals surface area (Å²) in [4.78, 5) is 5.60. The standard InChI is InChI=1S/C26H32FN3O4S2/c1-16-14-20(27)7-8-21(16)30-36(31,32)23-15-18(6-9-22(23)33-5)24-17(2)28-25(35-24)29-26(3,4)19-10-12-34-13-11-19/h6-9,14-15,19,30H,10-13H2,1-5H3,(H,28,29). The number of sulfonamides is 1. The van der Waals surface area contributed by atoms with Crippen molar-refractivity contribution in [2.45, 2.75) is 51.0 Å². The fraction of sp³-hybridized carbons (Fsp3) is 0.423. The molecule has 2 N–H and O–H groups in total. The molecule has 194 valence electrons. The van der Waals surface area contributed by atoms with Gasteiger partial charge in [-0.3, -0.25) is 4.72 Å². The second-order valence-electron chi connectivity index (χ2n) is 9.60. The number of nitrogens with zero attached hydrogens (tertiary/aromatic N) is 1. The zero-order chi connectivity index (χ0) is 26.1. The molecule has 0 bridgehead atoms. The highest BCUT2D eigenvalue weighted by Gasteiger charge is 2.32. The molecule has 0 atom stereocenters. The fourth-order valence-electron chi connectivity index (χ4n) is 4.48. The van der Waals surface area contributed by atoms with Crippen molar-refractivity contribution in [2.24, 2.45) is 5.92 Å².